The fraction of sp³-hybridized carbons (Fsp3) is 0.364. The Morgan fingerprint density at radius 2 is 2.25 bits per heavy atom. The van der Waals surface area contributed by atoms with Crippen LogP contribution >= 0.6 is 11.6 Å². The van der Waals surface area contributed by atoms with Crippen molar-refractivity contribution in [2.24, 2.45) is 0 Å². The minimum atomic E-state index is -0.459. The molecule has 0 saturated heterocycles. The number of nitrogens with one attached hydrogen (secondary N) is 2. The van der Waals surface area contributed by atoms with Crippen molar-refractivity contribution in [2.75, 3.05) is 13.6 Å². The largest absolute Gasteiger partial charge is 0.348 e. The van der Waals surface area contributed by atoms with Crippen molar-refractivity contribution in [3.63, 3.8) is 0 Å². The normalized spacial score (nSPS) is 12.2. The van der Waals surface area contributed by atoms with Gasteiger partial charge in [-0.25, -0.2) is 4.39 Å². The maximum atomic E-state index is 12.9. The summed E-state index contributed by atoms with van der Waals surface area (Å²) in [4.78, 5) is 11.3. The molecule has 0 aromatic heterocycles. The molecule has 88 valence electrons. The van der Waals surface area contributed by atoms with Gasteiger partial charge in [-0.15, -0.1) is 0 Å². The highest BCUT2D eigenvalue weighted by atomic mass is 35.5. The molecule has 1 aromatic rings. The van der Waals surface area contributed by atoms with Crippen LogP contribution in [0.5, 0.6) is 0 Å². The minimum Gasteiger partial charge on any atom is -0.348 e. The van der Waals surface area contributed by atoms with Gasteiger partial charge in [0.15, 0.2) is 0 Å². The van der Waals surface area contributed by atoms with E-state index in [4.69, 9.17) is 11.6 Å². The summed E-state index contributed by atoms with van der Waals surface area (Å²) in [6.45, 7) is 2.07. The van der Waals surface area contributed by atoms with Crippen molar-refractivity contribution >= 4 is 17.5 Å². The van der Waals surface area contributed by atoms with E-state index < -0.39 is 5.82 Å². The molecule has 1 rings (SSSR count). The lowest BCUT2D eigenvalue weighted by Gasteiger charge is -2.14. The molecule has 5 heteroatoms. The number of carbonyl (C=O) groups is 1. The van der Waals surface area contributed by atoms with E-state index in [0.717, 1.165) is 5.56 Å². The summed E-state index contributed by atoms with van der Waals surface area (Å²) in [5.74, 6) is -0.574. The second kappa shape index (κ2) is 5.82. The Hall–Kier alpha value is -1.13. The van der Waals surface area contributed by atoms with Gasteiger partial charge >= 0.3 is 0 Å². The number of halogens is 2. The lowest BCUT2D eigenvalue weighted by Crippen LogP contribution is -2.33. The average molecular weight is 245 g/mol. The molecule has 0 aliphatic rings. The first kappa shape index (κ1) is 12.9. The average Bonchev–Trinajstić information content (AvgIpc) is 2.22. The first-order chi connectivity index (χ1) is 7.54. The van der Waals surface area contributed by atoms with Gasteiger partial charge < -0.3 is 10.6 Å². The third kappa shape index (κ3) is 3.47. The van der Waals surface area contributed by atoms with Crippen molar-refractivity contribution < 1.29 is 9.18 Å². The highest BCUT2D eigenvalue weighted by Gasteiger charge is 2.10. The van der Waals surface area contributed by atoms with Gasteiger partial charge in [-0.3, -0.25) is 4.79 Å². The summed E-state index contributed by atoms with van der Waals surface area (Å²) >= 11 is 5.66. The molecule has 1 amide bonds. The van der Waals surface area contributed by atoms with Crippen LogP contribution in [0.4, 0.5) is 4.39 Å². The van der Waals surface area contributed by atoms with E-state index in [2.05, 4.69) is 10.6 Å². The first-order valence-electron chi connectivity index (χ1n) is 4.93. The molecule has 0 heterocycles. The molecule has 0 aliphatic carbocycles. The molecule has 0 spiro atoms. The summed E-state index contributed by atoms with van der Waals surface area (Å²) in [5.41, 5.74) is 0.774. The predicted octanol–water partition coefficient (Wildman–Crippen LogP) is 1.88. The van der Waals surface area contributed by atoms with Crippen LogP contribution in [0.3, 0.4) is 0 Å². The number of benzene rings is 1. The summed E-state index contributed by atoms with van der Waals surface area (Å²) < 4.78 is 12.9. The number of carbonyl (C=O) groups excluding carboxylic acids is 1. The van der Waals surface area contributed by atoms with E-state index in [1.165, 1.54) is 12.1 Å². The first-order valence-corrected chi connectivity index (χ1v) is 5.31. The maximum absolute atomic E-state index is 12.9. The van der Waals surface area contributed by atoms with E-state index in [-0.39, 0.29) is 23.5 Å². The van der Waals surface area contributed by atoms with Crippen LogP contribution in [0.25, 0.3) is 0 Å². The van der Waals surface area contributed by atoms with E-state index in [0.29, 0.717) is 0 Å². The molecule has 0 aliphatic heterocycles. The topological polar surface area (TPSA) is 41.1 Å². The highest BCUT2D eigenvalue weighted by molar-refractivity contribution is 6.30. The molecular weight excluding hydrogens is 231 g/mol. The lowest BCUT2D eigenvalue weighted by atomic mass is 10.1. The minimum absolute atomic E-state index is 0.0622. The van der Waals surface area contributed by atoms with Gasteiger partial charge in [0.2, 0.25) is 5.91 Å². The van der Waals surface area contributed by atoms with Crippen molar-refractivity contribution in [3.8, 4) is 0 Å². The molecule has 3 nitrogen and oxygen atoms in total. The molecule has 2 N–H and O–H groups in total. The Morgan fingerprint density at radius 3 is 2.81 bits per heavy atom. The van der Waals surface area contributed by atoms with Gasteiger partial charge in [-0.2, -0.15) is 0 Å². The fourth-order valence-electron chi connectivity index (χ4n) is 1.32. The van der Waals surface area contributed by atoms with E-state index >= 15 is 0 Å². The Labute approximate surface area is 99.0 Å². The van der Waals surface area contributed by atoms with Crippen LogP contribution < -0.4 is 10.6 Å². The van der Waals surface area contributed by atoms with Gasteiger partial charge in [-0.1, -0.05) is 17.7 Å². The molecule has 1 atom stereocenters. The Balaban J connectivity index is 2.69. The fourth-order valence-corrected chi connectivity index (χ4v) is 1.51. The van der Waals surface area contributed by atoms with Crippen LogP contribution in [-0.2, 0) is 4.79 Å². The lowest BCUT2D eigenvalue weighted by molar-refractivity contribution is -0.120. The standard InChI is InChI=1S/C11H14ClFN2O/c1-7(15-11(16)6-14-2)8-3-4-10(13)9(12)5-8/h3-5,7,14H,6H2,1-2H3,(H,15,16). The molecule has 1 unspecified atom stereocenters. The number of rotatable bonds is 4. The number of hydrogen-bond donors (Lipinski definition) is 2. The second-order valence-corrected chi connectivity index (χ2v) is 3.90. The van der Waals surface area contributed by atoms with Gasteiger partial charge in [0.05, 0.1) is 17.6 Å². The van der Waals surface area contributed by atoms with Crippen molar-refractivity contribution in [3.05, 3.63) is 34.6 Å². The zero-order valence-corrected chi connectivity index (χ0v) is 9.94. The van der Waals surface area contributed by atoms with Crippen molar-refractivity contribution in [1.29, 1.82) is 0 Å². The summed E-state index contributed by atoms with van der Waals surface area (Å²) in [7, 11) is 1.69. The number of amides is 1. The number of likely N-dealkylation sites (N-methyl/N-ethyl adjacent to an activating group) is 1. The second-order valence-electron chi connectivity index (χ2n) is 3.49. The van der Waals surface area contributed by atoms with Gasteiger partial charge in [0.1, 0.15) is 5.82 Å². The Morgan fingerprint density at radius 1 is 1.56 bits per heavy atom. The van der Waals surface area contributed by atoms with E-state index in [1.807, 2.05) is 6.92 Å². The van der Waals surface area contributed by atoms with Crippen LogP contribution in [0.15, 0.2) is 18.2 Å². The molecule has 0 saturated carbocycles. The smallest absolute Gasteiger partial charge is 0.234 e. The molecule has 0 fully saturated rings. The third-order valence-electron chi connectivity index (χ3n) is 2.16. The number of hydrogen-bond acceptors (Lipinski definition) is 2. The molecule has 16 heavy (non-hydrogen) atoms. The highest BCUT2D eigenvalue weighted by Crippen LogP contribution is 2.20. The third-order valence-corrected chi connectivity index (χ3v) is 2.45. The molecule has 0 radical (unpaired) electrons. The molecule has 1 aromatic carbocycles. The quantitative estimate of drug-likeness (QED) is 0.849. The molecule has 0 bridgehead atoms. The monoisotopic (exact) mass is 244 g/mol. The van der Waals surface area contributed by atoms with E-state index in [1.54, 1.807) is 13.1 Å². The van der Waals surface area contributed by atoms with Gasteiger partial charge in [0.25, 0.3) is 0 Å². The van der Waals surface area contributed by atoms with Crippen LogP contribution in [0.1, 0.15) is 18.5 Å². The summed E-state index contributed by atoms with van der Waals surface area (Å²) in [6, 6.07) is 4.21. The van der Waals surface area contributed by atoms with Crippen LogP contribution in [0, 0.1) is 5.82 Å². The van der Waals surface area contributed by atoms with Gasteiger partial charge in [0, 0.05) is 0 Å². The summed E-state index contributed by atoms with van der Waals surface area (Å²) in [5, 5.41) is 5.57. The Bertz CT molecular complexity index is 384. The van der Waals surface area contributed by atoms with Gasteiger partial charge in [-0.05, 0) is 31.7 Å². The maximum Gasteiger partial charge on any atom is 0.234 e. The van der Waals surface area contributed by atoms with Crippen LogP contribution in [-0.4, -0.2) is 19.5 Å². The Kier molecular flexibility index (Phi) is 4.71. The predicted molar refractivity (Wildman–Crippen MR) is 61.9 cm³/mol. The SMILES string of the molecule is CNCC(=O)NC(C)c1ccc(F)c(Cl)c1. The zero-order valence-electron chi connectivity index (χ0n) is 9.18. The van der Waals surface area contributed by atoms with E-state index in [9.17, 15) is 9.18 Å². The zero-order chi connectivity index (χ0) is 12.1. The van der Waals surface area contributed by atoms with Crippen LogP contribution in [0.2, 0.25) is 5.02 Å². The van der Waals surface area contributed by atoms with Crippen molar-refractivity contribution in [2.45, 2.75) is 13.0 Å². The molecular formula is C11H14ClFN2O. The van der Waals surface area contributed by atoms with Crippen molar-refractivity contribution in [1.82, 2.24) is 10.6 Å². The summed E-state index contributed by atoms with van der Waals surface area (Å²) in [6.07, 6.45) is 0.